The van der Waals surface area contributed by atoms with Crippen LogP contribution in [0.15, 0.2) is 48.5 Å². The third-order valence-corrected chi connectivity index (χ3v) is 7.47. The number of carbonyl (C=O) groups is 3. The molecule has 2 heterocycles. The molecular formula is C27H30N2O6. The third-order valence-electron chi connectivity index (χ3n) is 7.47. The van der Waals surface area contributed by atoms with Crippen LogP contribution in [-0.4, -0.2) is 66.4 Å². The lowest BCUT2D eigenvalue weighted by atomic mass is 9.83. The molecule has 2 unspecified atom stereocenters. The summed E-state index contributed by atoms with van der Waals surface area (Å²) in [4.78, 5) is 39.1. The van der Waals surface area contributed by atoms with E-state index < -0.39 is 24.5 Å². The van der Waals surface area contributed by atoms with Crippen molar-refractivity contribution in [1.82, 2.24) is 10.2 Å². The number of carboxylic acid groups (broad SMARTS) is 1. The number of benzene rings is 2. The molecule has 0 aromatic heterocycles. The zero-order valence-electron chi connectivity index (χ0n) is 19.5. The molecular weight excluding hydrogens is 448 g/mol. The van der Waals surface area contributed by atoms with Crippen molar-refractivity contribution < 1.29 is 29.0 Å². The number of amides is 2. The molecule has 0 radical (unpaired) electrons. The lowest BCUT2D eigenvalue weighted by molar-refractivity contribution is -0.149. The highest BCUT2D eigenvalue weighted by atomic mass is 16.5. The van der Waals surface area contributed by atoms with Crippen molar-refractivity contribution in [3.05, 3.63) is 59.7 Å². The van der Waals surface area contributed by atoms with Gasteiger partial charge >= 0.3 is 12.1 Å². The Morgan fingerprint density at radius 2 is 1.63 bits per heavy atom. The van der Waals surface area contributed by atoms with Crippen LogP contribution in [0.1, 0.15) is 42.7 Å². The van der Waals surface area contributed by atoms with Gasteiger partial charge in [-0.3, -0.25) is 9.59 Å². The van der Waals surface area contributed by atoms with Crippen molar-refractivity contribution in [2.45, 2.75) is 43.7 Å². The van der Waals surface area contributed by atoms with Gasteiger partial charge in [-0.2, -0.15) is 0 Å². The Hall–Kier alpha value is -3.39. The number of carbonyl (C=O) groups excluding carboxylic acids is 2. The molecule has 5 rings (SSSR count). The molecule has 2 aromatic rings. The molecule has 1 aliphatic carbocycles. The van der Waals surface area contributed by atoms with E-state index in [1.165, 1.54) is 0 Å². The summed E-state index contributed by atoms with van der Waals surface area (Å²) in [6.07, 6.45) is 1.39. The van der Waals surface area contributed by atoms with Crippen molar-refractivity contribution in [3.8, 4) is 11.1 Å². The van der Waals surface area contributed by atoms with E-state index in [4.69, 9.17) is 9.47 Å². The highest BCUT2D eigenvalue weighted by Gasteiger charge is 2.41. The van der Waals surface area contributed by atoms with Crippen LogP contribution in [0.2, 0.25) is 0 Å². The number of alkyl carbamates (subject to hydrolysis) is 1. The molecule has 2 N–H and O–H groups in total. The molecule has 2 saturated heterocycles. The largest absolute Gasteiger partial charge is 0.481 e. The second-order valence-corrected chi connectivity index (χ2v) is 9.46. The van der Waals surface area contributed by atoms with Crippen LogP contribution in [0.3, 0.4) is 0 Å². The highest BCUT2D eigenvalue weighted by Crippen LogP contribution is 2.44. The van der Waals surface area contributed by atoms with E-state index in [0.717, 1.165) is 41.5 Å². The molecule has 2 amide bonds. The monoisotopic (exact) mass is 478 g/mol. The van der Waals surface area contributed by atoms with Gasteiger partial charge in [0.2, 0.25) is 5.91 Å². The zero-order chi connectivity index (χ0) is 24.4. The zero-order valence-corrected chi connectivity index (χ0v) is 19.5. The van der Waals surface area contributed by atoms with Gasteiger partial charge in [-0.1, -0.05) is 48.5 Å². The number of likely N-dealkylation sites (tertiary alicyclic amines) is 1. The minimum atomic E-state index is -1.16. The van der Waals surface area contributed by atoms with Gasteiger partial charge in [0.05, 0.1) is 6.42 Å². The number of fused-ring (bicyclic) bond motifs is 3. The van der Waals surface area contributed by atoms with Crippen LogP contribution in [-0.2, 0) is 19.1 Å². The normalized spacial score (nSPS) is 20.3. The fraction of sp³-hybridized carbons (Fsp3) is 0.444. The third kappa shape index (κ3) is 4.75. The molecule has 8 nitrogen and oxygen atoms in total. The minimum Gasteiger partial charge on any atom is -0.481 e. The molecule has 2 aromatic carbocycles. The minimum absolute atomic E-state index is 0.0759. The van der Waals surface area contributed by atoms with E-state index in [-0.39, 0.29) is 24.5 Å². The first-order valence-corrected chi connectivity index (χ1v) is 12.2. The molecule has 0 spiro atoms. The first-order chi connectivity index (χ1) is 17.0. The van der Waals surface area contributed by atoms with Gasteiger partial charge in [-0.15, -0.1) is 0 Å². The van der Waals surface area contributed by atoms with Crippen LogP contribution >= 0.6 is 0 Å². The summed E-state index contributed by atoms with van der Waals surface area (Å²) in [5.41, 5.74) is 4.40. The van der Waals surface area contributed by atoms with Crippen LogP contribution in [0.4, 0.5) is 4.79 Å². The van der Waals surface area contributed by atoms with Crippen molar-refractivity contribution >= 4 is 18.0 Å². The fourth-order valence-corrected chi connectivity index (χ4v) is 5.63. The summed E-state index contributed by atoms with van der Waals surface area (Å²) in [5.74, 6) is -1.27. The number of nitrogens with one attached hydrogen (secondary N) is 1. The Morgan fingerprint density at radius 3 is 2.20 bits per heavy atom. The van der Waals surface area contributed by atoms with E-state index in [9.17, 15) is 19.5 Å². The van der Waals surface area contributed by atoms with Crippen molar-refractivity contribution in [3.63, 3.8) is 0 Å². The molecule has 2 fully saturated rings. The maximum absolute atomic E-state index is 13.2. The van der Waals surface area contributed by atoms with Crippen molar-refractivity contribution in [1.29, 1.82) is 0 Å². The SMILES string of the molecule is O=C(O)CC(NC(=O)OCC1c2ccccc2-c2ccccc21)C(=O)N1CCC1C1CCOCC1. The average molecular weight is 479 g/mol. The van der Waals surface area contributed by atoms with Gasteiger partial charge in [0, 0.05) is 31.7 Å². The van der Waals surface area contributed by atoms with Gasteiger partial charge in [0.15, 0.2) is 0 Å². The molecule has 184 valence electrons. The molecule has 35 heavy (non-hydrogen) atoms. The van der Waals surface area contributed by atoms with Gasteiger partial charge in [0.25, 0.3) is 0 Å². The number of rotatable bonds is 7. The number of nitrogens with zero attached hydrogens (tertiary/aromatic N) is 1. The predicted octanol–water partition coefficient (Wildman–Crippen LogP) is 3.40. The Bertz CT molecular complexity index is 1070. The molecule has 3 aliphatic rings. The predicted molar refractivity (Wildman–Crippen MR) is 128 cm³/mol. The fourth-order valence-electron chi connectivity index (χ4n) is 5.63. The first-order valence-electron chi connectivity index (χ1n) is 12.2. The lowest BCUT2D eigenvalue weighted by Gasteiger charge is -2.47. The maximum atomic E-state index is 13.2. The Balaban J connectivity index is 1.23. The summed E-state index contributed by atoms with van der Waals surface area (Å²) in [5, 5.41) is 11.9. The van der Waals surface area contributed by atoms with Gasteiger partial charge in [-0.05, 0) is 47.4 Å². The topological polar surface area (TPSA) is 105 Å². The molecule has 0 bridgehead atoms. The summed E-state index contributed by atoms with van der Waals surface area (Å²) in [7, 11) is 0. The summed E-state index contributed by atoms with van der Waals surface area (Å²) in [6.45, 7) is 2.03. The standard InChI is InChI=1S/C27H30N2O6/c30-25(31)15-23(26(32)29-12-9-24(29)17-10-13-34-14-11-17)28-27(33)35-16-22-20-7-3-1-5-18(20)19-6-2-4-8-21(19)22/h1-8,17,22-24H,9-16H2,(H,28,33)(H,30,31). The number of ether oxygens (including phenoxy) is 2. The van der Waals surface area contributed by atoms with E-state index in [2.05, 4.69) is 17.4 Å². The molecule has 2 aliphatic heterocycles. The van der Waals surface area contributed by atoms with Crippen molar-refractivity contribution in [2.75, 3.05) is 26.4 Å². The average Bonchev–Trinajstić information content (AvgIpc) is 3.16. The maximum Gasteiger partial charge on any atom is 0.407 e. The lowest BCUT2D eigenvalue weighted by Crippen LogP contribution is -2.61. The molecule has 0 saturated carbocycles. The molecule has 2 atom stereocenters. The van der Waals surface area contributed by atoms with E-state index in [1.54, 1.807) is 4.90 Å². The van der Waals surface area contributed by atoms with Gasteiger partial charge < -0.3 is 24.8 Å². The van der Waals surface area contributed by atoms with Gasteiger partial charge in [-0.25, -0.2) is 4.79 Å². The van der Waals surface area contributed by atoms with E-state index in [1.807, 2.05) is 36.4 Å². The Kier molecular flexibility index (Phi) is 6.72. The quantitative estimate of drug-likeness (QED) is 0.632. The first kappa shape index (κ1) is 23.4. The second kappa shape index (κ2) is 10.1. The smallest absolute Gasteiger partial charge is 0.407 e. The van der Waals surface area contributed by atoms with E-state index >= 15 is 0 Å². The number of aliphatic carboxylic acids is 1. The number of hydrogen-bond acceptors (Lipinski definition) is 5. The summed E-state index contributed by atoms with van der Waals surface area (Å²) >= 11 is 0. The van der Waals surface area contributed by atoms with Crippen molar-refractivity contribution in [2.24, 2.45) is 5.92 Å². The Labute approximate surface area is 204 Å². The Morgan fingerprint density at radius 1 is 1.00 bits per heavy atom. The molecule has 8 heteroatoms. The second-order valence-electron chi connectivity index (χ2n) is 9.46. The highest BCUT2D eigenvalue weighted by molar-refractivity contribution is 5.90. The van der Waals surface area contributed by atoms with E-state index in [0.29, 0.717) is 25.7 Å². The van der Waals surface area contributed by atoms with Crippen LogP contribution < -0.4 is 5.32 Å². The van der Waals surface area contributed by atoms with Gasteiger partial charge in [0.1, 0.15) is 12.6 Å². The van der Waals surface area contributed by atoms with Crippen LogP contribution in [0, 0.1) is 5.92 Å². The summed E-state index contributed by atoms with van der Waals surface area (Å²) in [6, 6.07) is 15.0. The van der Waals surface area contributed by atoms with Crippen LogP contribution in [0.5, 0.6) is 0 Å². The number of hydrogen-bond donors (Lipinski definition) is 2. The number of carboxylic acids is 1. The summed E-state index contributed by atoms with van der Waals surface area (Å²) < 4.78 is 11.0. The van der Waals surface area contributed by atoms with Crippen LogP contribution in [0.25, 0.3) is 11.1 Å².